The van der Waals surface area contributed by atoms with E-state index in [9.17, 15) is 0 Å². The number of rotatable bonds is 0. The van der Waals surface area contributed by atoms with Gasteiger partial charge in [-0.25, -0.2) is 0 Å². The van der Waals surface area contributed by atoms with Crippen molar-refractivity contribution < 1.29 is 0 Å². The molecule has 0 aliphatic heterocycles. The maximum atomic E-state index is 5.30. The van der Waals surface area contributed by atoms with Gasteiger partial charge in [-0.05, 0) is 18.2 Å². The molecule has 0 spiro atoms. The molecule has 0 radical (unpaired) electrons. The number of aryl methyl sites for hydroxylation is 1. The first-order chi connectivity index (χ1) is 6.11. The van der Waals surface area contributed by atoms with Gasteiger partial charge in [0, 0.05) is 24.0 Å². The van der Waals surface area contributed by atoms with E-state index < -0.39 is 0 Å². The van der Waals surface area contributed by atoms with Crippen molar-refractivity contribution in [2.75, 3.05) is 0 Å². The summed E-state index contributed by atoms with van der Waals surface area (Å²) >= 11 is 8.73. The molecule has 1 aromatic heterocycles. The lowest BCUT2D eigenvalue weighted by molar-refractivity contribution is 0.606. The first kappa shape index (κ1) is 8.97. The molecule has 0 bridgehead atoms. The molecule has 0 aliphatic carbocycles. The van der Waals surface area contributed by atoms with Crippen molar-refractivity contribution in [1.29, 1.82) is 0 Å². The summed E-state index contributed by atoms with van der Waals surface area (Å²) in [4.78, 5) is 0. The van der Waals surface area contributed by atoms with Gasteiger partial charge in [0.1, 0.15) is 4.64 Å². The highest BCUT2D eigenvalue weighted by atomic mass is 79.9. The summed E-state index contributed by atoms with van der Waals surface area (Å²) in [7, 11) is 3.97. The number of nitrogens with zero attached hydrogens (tertiary/aromatic N) is 2. The van der Waals surface area contributed by atoms with Crippen LogP contribution in [0.25, 0.3) is 10.9 Å². The van der Waals surface area contributed by atoms with Crippen LogP contribution in [-0.2, 0) is 14.1 Å². The molecule has 0 saturated heterocycles. The second kappa shape index (κ2) is 2.96. The second-order valence-corrected chi connectivity index (χ2v) is 4.32. The number of fused-ring (bicyclic) bond motifs is 1. The molecule has 2 aromatic rings. The lowest BCUT2D eigenvalue weighted by Gasteiger charge is -1.99. The molecule has 0 amide bonds. The molecule has 0 aliphatic rings. The molecule has 1 aromatic carbocycles. The van der Waals surface area contributed by atoms with Crippen LogP contribution >= 0.6 is 28.1 Å². The van der Waals surface area contributed by atoms with E-state index in [1.807, 2.05) is 29.5 Å². The summed E-state index contributed by atoms with van der Waals surface area (Å²) in [5.41, 5.74) is 1.16. The zero-order valence-corrected chi connectivity index (χ0v) is 9.82. The quantitative estimate of drug-likeness (QED) is 0.659. The van der Waals surface area contributed by atoms with E-state index in [1.165, 1.54) is 0 Å². The van der Waals surface area contributed by atoms with E-state index in [0.29, 0.717) is 0 Å². The molecule has 0 N–H and O–H groups in total. The standard InChI is InChI=1S/C9H9BrN2S/c1-11-8-4-3-6(10)5-7(8)9(13)12(11)2/h3-5H,1-2H3. The lowest BCUT2D eigenvalue weighted by Crippen LogP contribution is -2.02. The van der Waals surface area contributed by atoms with Crippen molar-refractivity contribution in [3.8, 4) is 0 Å². The average molecular weight is 257 g/mol. The predicted molar refractivity (Wildman–Crippen MR) is 60.4 cm³/mol. The Bertz CT molecular complexity index is 524. The number of halogens is 1. The minimum Gasteiger partial charge on any atom is -0.287 e. The second-order valence-electron chi connectivity index (χ2n) is 3.01. The molecule has 2 rings (SSSR count). The van der Waals surface area contributed by atoms with E-state index in [4.69, 9.17) is 12.2 Å². The zero-order chi connectivity index (χ0) is 9.59. The number of aromatic nitrogens is 2. The fraction of sp³-hybridized carbons (Fsp3) is 0.222. The Morgan fingerprint density at radius 2 is 1.92 bits per heavy atom. The largest absolute Gasteiger partial charge is 0.287 e. The fourth-order valence-corrected chi connectivity index (χ4v) is 2.08. The van der Waals surface area contributed by atoms with Crippen molar-refractivity contribution in [3.63, 3.8) is 0 Å². The average Bonchev–Trinajstić information content (AvgIpc) is 2.32. The van der Waals surface area contributed by atoms with Crippen LogP contribution in [-0.4, -0.2) is 9.36 Å². The van der Waals surface area contributed by atoms with Crippen molar-refractivity contribution >= 4 is 39.1 Å². The van der Waals surface area contributed by atoms with Gasteiger partial charge in [0.05, 0.1) is 5.52 Å². The maximum absolute atomic E-state index is 5.30. The van der Waals surface area contributed by atoms with E-state index >= 15 is 0 Å². The third-order valence-corrected chi connectivity index (χ3v) is 3.26. The molecule has 13 heavy (non-hydrogen) atoms. The Morgan fingerprint density at radius 3 is 2.62 bits per heavy atom. The van der Waals surface area contributed by atoms with Crippen molar-refractivity contribution in [3.05, 3.63) is 27.3 Å². The topological polar surface area (TPSA) is 9.86 Å². The Hall–Kier alpha value is -0.610. The molecular formula is C9H9BrN2S. The summed E-state index contributed by atoms with van der Waals surface area (Å²) in [6, 6.07) is 6.14. The number of hydrogen-bond donors (Lipinski definition) is 0. The van der Waals surface area contributed by atoms with Gasteiger partial charge in [-0.15, -0.1) is 0 Å². The molecule has 0 saturated carbocycles. The van der Waals surface area contributed by atoms with Crippen LogP contribution in [0.15, 0.2) is 22.7 Å². The van der Waals surface area contributed by atoms with Gasteiger partial charge in [-0.3, -0.25) is 9.36 Å². The maximum Gasteiger partial charge on any atom is 0.129 e. The van der Waals surface area contributed by atoms with Crippen molar-refractivity contribution in [2.45, 2.75) is 0 Å². The summed E-state index contributed by atoms with van der Waals surface area (Å²) in [6.45, 7) is 0. The molecule has 68 valence electrons. The van der Waals surface area contributed by atoms with Crippen LogP contribution in [0.1, 0.15) is 0 Å². The SMILES string of the molecule is Cn1c(=S)c2cc(Br)ccc2n1C. The Labute approximate surface area is 89.9 Å². The smallest absolute Gasteiger partial charge is 0.129 e. The van der Waals surface area contributed by atoms with Crippen LogP contribution in [0.4, 0.5) is 0 Å². The first-order valence-electron chi connectivity index (χ1n) is 3.92. The van der Waals surface area contributed by atoms with Gasteiger partial charge in [0.25, 0.3) is 0 Å². The highest BCUT2D eigenvalue weighted by Crippen LogP contribution is 2.21. The van der Waals surface area contributed by atoms with E-state index in [1.54, 1.807) is 0 Å². The van der Waals surface area contributed by atoms with E-state index in [2.05, 4.69) is 28.1 Å². The Balaban J connectivity index is 3.04. The van der Waals surface area contributed by atoms with Crippen LogP contribution < -0.4 is 0 Å². The summed E-state index contributed by atoms with van der Waals surface area (Å²) in [5, 5.41) is 1.12. The third-order valence-electron chi connectivity index (χ3n) is 2.28. The van der Waals surface area contributed by atoms with Gasteiger partial charge < -0.3 is 0 Å². The zero-order valence-electron chi connectivity index (χ0n) is 7.41. The normalized spacial score (nSPS) is 11.0. The van der Waals surface area contributed by atoms with E-state index in [-0.39, 0.29) is 0 Å². The fourth-order valence-electron chi connectivity index (χ4n) is 1.43. The van der Waals surface area contributed by atoms with Gasteiger partial charge in [0.15, 0.2) is 0 Å². The first-order valence-corrected chi connectivity index (χ1v) is 5.12. The van der Waals surface area contributed by atoms with Crippen LogP contribution in [0.5, 0.6) is 0 Å². The molecule has 1 heterocycles. The van der Waals surface area contributed by atoms with Gasteiger partial charge in [-0.1, -0.05) is 28.1 Å². The predicted octanol–water partition coefficient (Wildman–Crippen LogP) is 3.01. The van der Waals surface area contributed by atoms with Gasteiger partial charge in [-0.2, -0.15) is 0 Å². The minimum atomic E-state index is 0.874. The van der Waals surface area contributed by atoms with Crippen molar-refractivity contribution in [2.24, 2.45) is 14.1 Å². The Kier molecular flexibility index (Phi) is 2.04. The molecule has 0 unspecified atom stereocenters. The molecule has 2 nitrogen and oxygen atoms in total. The molecule has 0 fully saturated rings. The van der Waals surface area contributed by atoms with Crippen LogP contribution in [0.3, 0.4) is 0 Å². The van der Waals surface area contributed by atoms with Crippen LogP contribution in [0.2, 0.25) is 0 Å². The van der Waals surface area contributed by atoms with Crippen molar-refractivity contribution in [1.82, 2.24) is 9.36 Å². The highest BCUT2D eigenvalue weighted by molar-refractivity contribution is 9.10. The summed E-state index contributed by atoms with van der Waals surface area (Å²) in [5.74, 6) is 0. The summed E-state index contributed by atoms with van der Waals surface area (Å²) in [6.07, 6.45) is 0. The van der Waals surface area contributed by atoms with E-state index in [0.717, 1.165) is 20.0 Å². The third kappa shape index (κ3) is 1.25. The molecular weight excluding hydrogens is 248 g/mol. The monoisotopic (exact) mass is 256 g/mol. The molecule has 4 heteroatoms. The summed E-state index contributed by atoms with van der Waals surface area (Å²) < 4.78 is 5.95. The van der Waals surface area contributed by atoms with Gasteiger partial charge >= 0.3 is 0 Å². The Morgan fingerprint density at radius 1 is 1.23 bits per heavy atom. The number of hydrogen-bond acceptors (Lipinski definition) is 1. The highest BCUT2D eigenvalue weighted by Gasteiger charge is 2.04. The minimum absolute atomic E-state index is 0.874. The van der Waals surface area contributed by atoms with Crippen LogP contribution in [0, 0.1) is 4.64 Å². The molecule has 0 atom stereocenters. The lowest BCUT2D eigenvalue weighted by atomic mass is 10.3. The number of benzene rings is 1. The van der Waals surface area contributed by atoms with Gasteiger partial charge in [0.2, 0.25) is 0 Å².